The van der Waals surface area contributed by atoms with Gasteiger partial charge in [0.25, 0.3) is 0 Å². The zero-order valence-corrected chi connectivity index (χ0v) is 10.9. The lowest BCUT2D eigenvalue weighted by Crippen LogP contribution is -2.38. The summed E-state index contributed by atoms with van der Waals surface area (Å²) in [6, 6.07) is 3.76. The Morgan fingerprint density at radius 3 is 2.56 bits per heavy atom. The first-order valence-corrected chi connectivity index (χ1v) is 6.29. The van der Waals surface area contributed by atoms with Gasteiger partial charge in [0.15, 0.2) is 5.84 Å². The van der Waals surface area contributed by atoms with Gasteiger partial charge in [-0.2, -0.15) is 0 Å². The van der Waals surface area contributed by atoms with Crippen LogP contribution in [-0.2, 0) is 0 Å². The fourth-order valence-corrected chi connectivity index (χ4v) is 2.65. The van der Waals surface area contributed by atoms with Crippen molar-refractivity contribution in [3.05, 3.63) is 24.0 Å². The Hall–Kier alpha value is -1.78. The van der Waals surface area contributed by atoms with Gasteiger partial charge in [-0.15, -0.1) is 0 Å². The molecule has 0 bridgehead atoms. The van der Waals surface area contributed by atoms with Crippen LogP contribution in [0.25, 0.3) is 0 Å². The third kappa shape index (κ3) is 2.72. The molecule has 5 nitrogen and oxygen atoms in total. The lowest BCUT2D eigenvalue weighted by Gasteiger charge is -2.36. The number of pyridine rings is 1. The normalized spacial score (nSPS) is 25.2. The minimum Gasteiger partial charge on any atom is -0.409 e. The number of oxime groups is 1. The van der Waals surface area contributed by atoms with Crippen LogP contribution in [0.3, 0.4) is 0 Å². The van der Waals surface area contributed by atoms with Crippen molar-refractivity contribution in [2.75, 3.05) is 18.0 Å². The first-order chi connectivity index (χ1) is 8.60. The molecule has 0 aromatic carbocycles. The van der Waals surface area contributed by atoms with Crippen LogP contribution >= 0.6 is 0 Å². The largest absolute Gasteiger partial charge is 0.409 e. The van der Waals surface area contributed by atoms with Gasteiger partial charge in [-0.3, -0.25) is 4.98 Å². The molecule has 2 rings (SSSR count). The van der Waals surface area contributed by atoms with E-state index in [1.165, 1.54) is 6.42 Å². The van der Waals surface area contributed by atoms with E-state index in [1.54, 1.807) is 12.3 Å². The number of hydrogen-bond donors (Lipinski definition) is 2. The standard InChI is InChI=1S/C13H20N4O/c1-9-5-10(2)8-17(7-9)11-3-4-12(15-6-11)13(14)16-18/h3-4,6,9-10,18H,5,7-8H2,1-2H3,(H2,14,16). The summed E-state index contributed by atoms with van der Waals surface area (Å²) in [5.74, 6) is 1.46. The van der Waals surface area contributed by atoms with Crippen molar-refractivity contribution in [2.45, 2.75) is 20.3 Å². The molecule has 0 aliphatic carbocycles. The molecule has 1 aromatic heterocycles. The number of nitrogens with two attached hydrogens (primary N) is 1. The average Bonchev–Trinajstić information content (AvgIpc) is 2.37. The van der Waals surface area contributed by atoms with Gasteiger partial charge in [0.1, 0.15) is 5.69 Å². The zero-order valence-electron chi connectivity index (χ0n) is 10.9. The molecule has 1 fully saturated rings. The molecule has 1 aliphatic rings. The summed E-state index contributed by atoms with van der Waals surface area (Å²) in [4.78, 5) is 6.57. The van der Waals surface area contributed by atoms with Crippen LogP contribution in [0.5, 0.6) is 0 Å². The number of piperidine rings is 1. The van der Waals surface area contributed by atoms with E-state index in [0.717, 1.165) is 18.8 Å². The Balaban J connectivity index is 2.14. The fourth-order valence-electron chi connectivity index (χ4n) is 2.65. The lowest BCUT2D eigenvalue weighted by molar-refractivity contribution is 0.318. The summed E-state index contributed by atoms with van der Waals surface area (Å²) in [5.41, 5.74) is 7.09. The van der Waals surface area contributed by atoms with E-state index >= 15 is 0 Å². The van der Waals surface area contributed by atoms with E-state index in [-0.39, 0.29) is 5.84 Å². The van der Waals surface area contributed by atoms with Gasteiger partial charge in [-0.25, -0.2) is 0 Å². The monoisotopic (exact) mass is 248 g/mol. The molecule has 0 spiro atoms. The SMILES string of the molecule is CC1CC(C)CN(c2ccc(/C(N)=N/O)nc2)C1. The van der Waals surface area contributed by atoms with E-state index in [1.807, 2.05) is 6.07 Å². The molecule has 0 radical (unpaired) electrons. The van der Waals surface area contributed by atoms with Gasteiger partial charge < -0.3 is 15.8 Å². The number of hydrogen-bond acceptors (Lipinski definition) is 4. The Labute approximate surface area is 107 Å². The van der Waals surface area contributed by atoms with Crippen molar-refractivity contribution >= 4 is 11.5 Å². The Morgan fingerprint density at radius 2 is 2.06 bits per heavy atom. The highest BCUT2D eigenvalue weighted by atomic mass is 16.4. The van der Waals surface area contributed by atoms with Gasteiger partial charge in [0, 0.05) is 13.1 Å². The molecule has 1 aromatic rings. The van der Waals surface area contributed by atoms with Crippen LogP contribution in [0.1, 0.15) is 26.0 Å². The van der Waals surface area contributed by atoms with Crippen LogP contribution in [-0.4, -0.2) is 29.1 Å². The van der Waals surface area contributed by atoms with Gasteiger partial charge in [0.05, 0.1) is 11.9 Å². The second-order valence-electron chi connectivity index (χ2n) is 5.24. The van der Waals surface area contributed by atoms with Crippen molar-refractivity contribution in [3.8, 4) is 0 Å². The topological polar surface area (TPSA) is 74.7 Å². The Kier molecular flexibility index (Phi) is 3.69. The van der Waals surface area contributed by atoms with E-state index in [2.05, 4.69) is 28.9 Å². The second-order valence-corrected chi connectivity index (χ2v) is 5.24. The first kappa shape index (κ1) is 12.7. The summed E-state index contributed by atoms with van der Waals surface area (Å²) < 4.78 is 0. The number of amidine groups is 1. The first-order valence-electron chi connectivity index (χ1n) is 6.29. The highest BCUT2D eigenvalue weighted by Crippen LogP contribution is 2.25. The number of aromatic nitrogens is 1. The van der Waals surface area contributed by atoms with Crippen LogP contribution in [0.2, 0.25) is 0 Å². The maximum absolute atomic E-state index is 8.59. The van der Waals surface area contributed by atoms with Crippen molar-refractivity contribution < 1.29 is 5.21 Å². The molecule has 2 atom stereocenters. The van der Waals surface area contributed by atoms with Gasteiger partial charge in [0.2, 0.25) is 0 Å². The van der Waals surface area contributed by atoms with Crippen molar-refractivity contribution in [2.24, 2.45) is 22.7 Å². The lowest BCUT2D eigenvalue weighted by atomic mass is 9.91. The Morgan fingerprint density at radius 1 is 1.39 bits per heavy atom. The van der Waals surface area contributed by atoms with E-state index in [0.29, 0.717) is 17.5 Å². The maximum atomic E-state index is 8.59. The van der Waals surface area contributed by atoms with Crippen molar-refractivity contribution in [1.82, 2.24) is 4.98 Å². The van der Waals surface area contributed by atoms with Gasteiger partial charge in [-0.1, -0.05) is 19.0 Å². The minimum absolute atomic E-state index is 0.0435. The molecule has 5 heteroatoms. The van der Waals surface area contributed by atoms with E-state index in [9.17, 15) is 0 Å². The summed E-state index contributed by atoms with van der Waals surface area (Å²) in [6.07, 6.45) is 3.07. The molecule has 0 saturated carbocycles. The quantitative estimate of drug-likeness (QED) is 0.361. The molecule has 3 N–H and O–H groups in total. The summed E-state index contributed by atoms with van der Waals surface area (Å²) in [6.45, 7) is 6.69. The van der Waals surface area contributed by atoms with E-state index < -0.39 is 0 Å². The molecule has 0 amide bonds. The molecular weight excluding hydrogens is 228 g/mol. The van der Waals surface area contributed by atoms with Crippen molar-refractivity contribution in [3.63, 3.8) is 0 Å². The molecule has 2 unspecified atom stereocenters. The number of nitrogens with zero attached hydrogens (tertiary/aromatic N) is 3. The molecule has 1 aliphatic heterocycles. The summed E-state index contributed by atoms with van der Waals surface area (Å²) in [7, 11) is 0. The van der Waals surface area contributed by atoms with Crippen LogP contribution in [0.4, 0.5) is 5.69 Å². The number of rotatable bonds is 2. The fraction of sp³-hybridized carbons (Fsp3) is 0.538. The van der Waals surface area contributed by atoms with Gasteiger partial charge >= 0.3 is 0 Å². The predicted molar refractivity (Wildman–Crippen MR) is 71.9 cm³/mol. The summed E-state index contributed by atoms with van der Waals surface area (Å²) >= 11 is 0. The average molecular weight is 248 g/mol. The van der Waals surface area contributed by atoms with Gasteiger partial charge in [-0.05, 0) is 30.4 Å². The second kappa shape index (κ2) is 5.25. The number of anilines is 1. The molecule has 98 valence electrons. The molecule has 18 heavy (non-hydrogen) atoms. The van der Waals surface area contributed by atoms with Crippen LogP contribution in [0, 0.1) is 11.8 Å². The van der Waals surface area contributed by atoms with Crippen LogP contribution in [0.15, 0.2) is 23.5 Å². The molecular formula is C13H20N4O. The zero-order chi connectivity index (χ0) is 13.1. The molecule has 1 saturated heterocycles. The smallest absolute Gasteiger partial charge is 0.188 e. The third-order valence-electron chi connectivity index (χ3n) is 3.35. The van der Waals surface area contributed by atoms with Crippen molar-refractivity contribution in [1.29, 1.82) is 0 Å². The third-order valence-corrected chi connectivity index (χ3v) is 3.35. The van der Waals surface area contributed by atoms with E-state index in [4.69, 9.17) is 10.9 Å². The highest BCUT2D eigenvalue weighted by molar-refractivity contribution is 5.95. The molecule has 2 heterocycles. The predicted octanol–water partition coefficient (Wildman–Crippen LogP) is 1.66. The maximum Gasteiger partial charge on any atom is 0.188 e. The van der Waals surface area contributed by atoms with Crippen LogP contribution < -0.4 is 10.6 Å². The highest BCUT2D eigenvalue weighted by Gasteiger charge is 2.22. The summed E-state index contributed by atoms with van der Waals surface area (Å²) in [5, 5.41) is 11.5. The Bertz CT molecular complexity index is 419. The minimum atomic E-state index is 0.0435.